The first-order valence-corrected chi connectivity index (χ1v) is 6.73. The highest BCUT2D eigenvalue weighted by Gasteiger charge is 2.38. The predicted octanol–water partition coefficient (Wildman–Crippen LogP) is 2.53. The van der Waals surface area contributed by atoms with Crippen molar-refractivity contribution >= 4 is 0 Å². The molecule has 0 bridgehead atoms. The Morgan fingerprint density at radius 3 is 2.61 bits per heavy atom. The third kappa shape index (κ3) is 2.68. The van der Waals surface area contributed by atoms with Gasteiger partial charge in [-0.3, -0.25) is 0 Å². The minimum Gasteiger partial charge on any atom is -0.508 e. The normalized spacial score (nSPS) is 19.6. The van der Waals surface area contributed by atoms with Gasteiger partial charge in [-0.25, -0.2) is 0 Å². The monoisotopic (exact) mass is 248 g/mol. The highest BCUT2D eigenvalue weighted by Crippen LogP contribution is 2.36. The fourth-order valence-corrected chi connectivity index (χ4v) is 2.62. The number of rotatable bonds is 5. The van der Waals surface area contributed by atoms with Crippen LogP contribution in [0.25, 0.3) is 0 Å². The Labute approximate surface area is 110 Å². The maximum absolute atomic E-state index is 9.50. The standard InChI is InChI=1S/C15H24N2O/c1-12(13-6-4-7-14(18)10-13)16-11-15(17(2)3)8-5-9-15/h4,6-7,10,12,16,18H,5,8-9,11H2,1-3H3. The average Bonchev–Trinajstić information content (AvgIpc) is 2.26. The van der Waals surface area contributed by atoms with Crippen molar-refractivity contribution in [1.82, 2.24) is 10.2 Å². The summed E-state index contributed by atoms with van der Waals surface area (Å²) in [4.78, 5) is 2.35. The van der Waals surface area contributed by atoms with Crippen LogP contribution in [-0.2, 0) is 0 Å². The molecule has 0 aliphatic heterocycles. The van der Waals surface area contributed by atoms with Crippen molar-refractivity contribution in [2.24, 2.45) is 0 Å². The molecule has 1 saturated carbocycles. The van der Waals surface area contributed by atoms with Gasteiger partial charge in [0.25, 0.3) is 0 Å². The average molecular weight is 248 g/mol. The highest BCUT2D eigenvalue weighted by molar-refractivity contribution is 5.29. The number of hydrogen-bond donors (Lipinski definition) is 2. The van der Waals surface area contributed by atoms with Crippen LogP contribution in [0, 0.1) is 0 Å². The Balaban J connectivity index is 1.94. The van der Waals surface area contributed by atoms with Gasteiger partial charge < -0.3 is 15.3 Å². The van der Waals surface area contributed by atoms with E-state index < -0.39 is 0 Å². The zero-order valence-electron chi connectivity index (χ0n) is 11.6. The molecule has 0 saturated heterocycles. The van der Waals surface area contributed by atoms with Gasteiger partial charge in [0.05, 0.1) is 0 Å². The van der Waals surface area contributed by atoms with Gasteiger partial charge in [-0.1, -0.05) is 12.1 Å². The molecular formula is C15H24N2O. The summed E-state index contributed by atoms with van der Waals surface area (Å²) in [5, 5.41) is 13.1. The van der Waals surface area contributed by atoms with Gasteiger partial charge in [0, 0.05) is 18.1 Å². The molecule has 1 aliphatic carbocycles. The van der Waals surface area contributed by atoms with Crippen LogP contribution in [0.2, 0.25) is 0 Å². The molecule has 100 valence electrons. The molecule has 1 aromatic carbocycles. The molecule has 0 heterocycles. The minimum atomic E-state index is 0.273. The summed E-state index contributed by atoms with van der Waals surface area (Å²) in [5.74, 6) is 0.340. The number of phenols is 1. The lowest BCUT2D eigenvalue weighted by Crippen LogP contribution is -2.56. The Bertz CT molecular complexity index is 399. The lowest BCUT2D eigenvalue weighted by Gasteiger charge is -2.48. The first-order chi connectivity index (χ1) is 8.53. The van der Waals surface area contributed by atoms with E-state index in [0.717, 1.165) is 12.1 Å². The molecule has 0 aromatic heterocycles. The van der Waals surface area contributed by atoms with Crippen molar-refractivity contribution < 1.29 is 5.11 Å². The van der Waals surface area contributed by atoms with Gasteiger partial charge in [0.1, 0.15) is 5.75 Å². The van der Waals surface area contributed by atoms with Crippen LogP contribution in [0.5, 0.6) is 5.75 Å². The Morgan fingerprint density at radius 1 is 1.39 bits per heavy atom. The summed E-state index contributed by atoms with van der Waals surface area (Å²) < 4.78 is 0. The molecule has 1 atom stereocenters. The van der Waals surface area contributed by atoms with Crippen LogP contribution < -0.4 is 5.32 Å². The molecule has 1 unspecified atom stereocenters. The number of nitrogens with one attached hydrogen (secondary N) is 1. The molecule has 0 spiro atoms. The number of benzene rings is 1. The van der Waals surface area contributed by atoms with Crippen LogP contribution in [0.1, 0.15) is 37.8 Å². The van der Waals surface area contributed by atoms with E-state index in [1.807, 2.05) is 12.1 Å². The van der Waals surface area contributed by atoms with Gasteiger partial charge in [-0.2, -0.15) is 0 Å². The lowest BCUT2D eigenvalue weighted by molar-refractivity contribution is 0.0576. The zero-order chi connectivity index (χ0) is 13.2. The Kier molecular flexibility index (Phi) is 3.93. The second kappa shape index (κ2) is 5.29. The van der Waals surface area contributed by atoms with Crippen molar-refractivity contribution in [2.75, 3.05) is 20.6 Å². The van der Waals surface area contributed by atoms with Crippen molar-refractivity contribution in [3.05, 3.63) is 29.8 Å². The first-order valence-electron chi connectivity index (χ1n) is 6.73. The molecular weight excluding hydrogens is 224 g/mol. The fraction of sp³-hybridized carbons (Fsp3) is 0.600. The van der Waals surface area contributed by atoms with Crippen molar-refractivity contribution in [1.29, 1.82) is 0 Å². The van der Waals surface area contributed by atoms with Gasteiger partial charge in [0.15, 0.2) is 0 Å². The second-order valence-corrected chi connectivity index (χ2v) is 5.67. The Morgan fingerprint density at radius 2 is 2.11 bits per heavy atom. The number of hydrogen-bond acceptors (Lipinski definition) is 3. The molecule has 0 amide bonds. The van der Waals surface area contributed by atoms with Crippen LogP contribution in [0.15, 0.2) is 24.3 Å². The topological polar surface area (TPSA) is 35.5 Å². The predicted molar refractivity (Wildman–Crippen MR) is 74.8 cm³/mol. The summed E-state index contributed by atoms with van der Waals surface area (Å²) in [6.45, 7) is 3.16. The zero-order valence-corrected chi connectivity index (χ0v) is 11.6. The van der Waals surface area contributed by atoms with Crippen LogP contribution in [0.3, 0.4) is 0 Å². The fourth-order valence-electron chi connectivity index (χ4n) is 2.62. The van der Waals surface area contributed by atoms with E-state index in [9.17, 15) is 5.11 Å². The SMILES string of the molecule is CC(NCC1(N(C)C)CCC1)c1cccc(O)c1. The molecule has 3 nitrogen and oxygen atoms in total. The van der Waals surface area contributed by atoms with Crippen LogP contribution >= 0.6 is 0 Å². The van der Waals surface area contributed by atoms with Gasteiger partial charge in [-0.05, 0) is 58.0 Å². The molecule has 1 aliphatic rings. The van der Waals surface area contributed by atoms with Crippen LogP contribution in [-0.4, -0.2) is 36.2 Å². The largest absolute Gasteiger partial charge is 0.508 e. The smallest absolute Gasteiger partial charge is 0.115 e. The minimum absolute atomic E-state index is 0.273. The molecule has 3 heteroatoms. The summed E-state index contributed by atoms with van der Waals surface area (Å²) in [6.07, 6.45) is 3.89. The summed E-state index contributed by atoms with van der Waals surface area (Å²) in [6, 6.07) is 7.77. The maximum atomic E-state index is 9.50. The summed E-state index contributed by atoms with van der Waals surface area (Å²) >= 11 is 0. The molecule has 2 N–H and O–H groups in total. The number of nitrogens with zero attached hydrogens (tertiary/aromatic N) is 1. The Hall–Kier alpha value is -1.06. The lowest BCUT2D eigenvalue weighted by atomic mass is 9.75. The van der Waals surface area contributed by atoms with Gasteiger partial charge in [0.2, 0.25) is 0 Å². The molecule has 1 fully saturated rings. The van der Waals surface area contributed by atoms with E-state index in [1.165, 1.54) is 19.3 Å². The van der Waals surface area contributed by atoms with E-state index in [2.05, 4.69) is 37.3 Å². The quantitative estimate of drug-likeness (QED) is 0.840. The molecule has 1 aromatic rings. The van der Waals surface area contributed by atoms with Gasteiger partial charge in [-0.15, -0.1) is 0 Å². The van der Waals surface area contributed by atoms with E-state index in [4.69, 9.17) is 0 Å². The van der Waals surface area contributed by atoms with Crippen LogP contribution in [0.4, 0.5) is 0 Å². The number of phenolic OH excluding ortho intramolecular Hbond substituents is 1. The molecule has 0 radical (unpaired) electrons. The summed E-state index contributed by atoms with van der Waals surface area (Å²) in [7, 11) is 4.33. The maximum Gasteiger partial charge on any atom is 0.115 e. The molecule has 18 heavy (non-hydrogen) atoms. The third-order valence-corrected chi connectivity index (χ3v) is 4.34. The highest BCUT2D eigenvalue weighted by atomic mass is 16.3. The number of likely N-dealkylation sites (N-methyl/N-ethyl adjacent to an activating group) is 1. The van der Waals surface area contributed by atoms with Crippen molar-refractivity contribution in [3.63, 3.8) is 0 Å². The van der Waals surface area contributed by atoms with E-state index in [0.29, 0.717) is 11.3 Å². The van der Waals surface area contributed by atoms with E-state index in [-0.39, 0.29) is 6.04 Å². The van der Waals surface area contributed by atoms with Crippen molar-refractivity contribution in [3.8, 4) is 5.75 Å². The second-order valence-electron chi connectivity index (χ2n) is 5.67. The van der Waals surface area contributed by atoms with Gasteiger partial charge >= 0.3 is 0 Å². The summed E-state index contributed by atoms with van der Waals surface area (Å²) in [5.41, 5.74) is 1.48. The first kappa shape index (κ1) is 13.4. The van der Waals surface area contributed by atoms with E-state index >= 15 is 0 Å². The van der Waals surface area contributed by atoms with Crippen molar-refractivity contribution in [2.45, 2.75) is 37.8 Å². The number of aromatic hydroxyl groups is 1. The third-order valence-electron chi connectivity index (χ3n) is 4.34. The molecule has 2 rings (SSSR count). The van der Waals surface area contributed by atoms with E-state index in [1.54, 1.807) is 6.07 Å².